The van der Waals surface area contributed by atoms with Crippen molar-refractivity contribution in [3.8, 4) is 0 Å². The molecule has 1 atom stereocenters. The van der Waals surface area contributed by atoms with Crippen molar-refractivity contribution in [2.45, 2.75) is 25.6 Å². The fourth-order valence-electron chi connectivity index (χ4n) is 4.39. The molecule has 7 nitrogen and oxygen atoms in total. The molecule has 0 aliphatic carbocycles. The van der Waals surface area contributed by atoms with Gasteiger partial charge >= 0.3 is 0 Å². The summed E-state index contributed by atoms with van der Waals surface area (Å²) in [6, 6.07) is 20.2. The van der Waals surface area contributed by atoms with Gasteiger partial charge in [0.05, 0.1) is 23.5 Å². The Morgan fingerprint density at radius 2 is 1.66 bits per heavy atom. The van der Waals surface area contributed by atoms with Crippen LogP contribution in [0.3, 0.4) is 0 Å². The van der Waals surface area contributed by atoms with Crippen LogP contribution in [0.25, 0.3) is 0 Å². The lowest BCUT2D eigenvalue weighted by Crippen LogP contribution is -2.48. The number of fused-ring (bicyclic) bond motifs is 5. The fraction of sp³-hybridized carbons (Fsp3) is 0.200. The number of aromatic nitrogens is 1. The molecule has 1 aromatic heterocycles. The quantitative estimate of drug-likeness (QED) is 0.656. The van der Waals surface area contributed by atoms with E-state index in [1.807, 2.05) is 48.5 Å². The highest BCUT2D eigenvalue weighted by Crippen LogP contribution is 2.45. The van der Waals surface area contributed by atoms with Gasteiger partial charge in [0.25, 0.3) is 11.8 Å². The normalized spacial score (nSPS) is 16.4. The second kappa shape index (κ2) is 8.26. The van der Waals surface area contributed by atoms with E-state index >= 15 is 0 Å². The van der Waals surface area contributed by atoms with E-state index in [9.17, 15) is 14.4 Å². The van der Waals surface area contributed by atoms with E-state index in [0.717, 1.165) is 11.3 Å². The number of carbonyl (C=O) groups excluding carboxylic acids is 3. The molecule has 3 aromatic rings. The molecule has 3 heterocycles. The highest BCUT2D eigenvalue weighted by molar-refractivity contribution is 6.16. The van der Waals surface area contributed by atoms with Crippen LogP contribution in [0.1, 0.15) is 51.0 Å². The maximum absolute atomic E-state index is 13.3. The van der Waals surface area contributed by atoms with E-state index in [1.54, 1.807) is 34.2 Å². The Labute approximate surface area is 185 Å². The third-order valence-corrected chi connectivity index (χ3v) is 5.88. The lowest BCUT2D eigenvalue weighted by atomic mass is 10.0. The van der Waals surface area contributed by atoms with Gasteiger partial charge in [-0.2, -0.15) is 0 Å². The number of nitrogens with zero attached hydrogens (tertiary/aromatic N) is 3. The summed E-state index contributed by atoms with van der Waals surface area (Å²) in [4.78, 5) is 46.4. The van der Waals surface area contributed by atoms with Crippen molar-refractivity contribution in [1.82, 2.24) is 15.2 Å². The van der Waals surface area contributed by atoms with Gasteiger partial charge in [0, 0.05) is 30.3 Å². The van der Waals surface area contributed by atoms with Crippen molar-refractivity contribution < 1.29 is 14.4 Å². The van der Waals surface area contributed by atoms with Gasteiger partial charge < -0.3 is 10.2 Å². The second-order valence-electron chi connectivity index (χ2n) is 7.85. The molecule has 0 saturated heterocycles. The predicted octanol–water partition coefficient (Wildman–Crippen LogP) is 3.29. The number of carbonyl (C=O) groups is 3. The van der Waals surface area contributed by atoms with Crippen molar-refractivity contribution in [3.63, 3.8) is 0 Å². The van der Waals surface area contributed by atoms with Gasteiger partial charge in [-0.1, -0.05) is 36.4 Å². The van der Waals surface area contributed by atoms with E-state index in [-0.39, 0.29) is 24.1 Å². The summed E-state index contributed by atoms with van der Waals surface area (Å²) >= 11 is 0. The van der Waals surface area contributed by atoms with Crippen molar-refractivity contribution in [2.75, 3.05) is 11.4 Å². The fourth-order valence-corrected chi connectivity index (χ4v) is 4.39. The largest absolute Gasteiger partial charge is 0.350 e. The van der Waals surface area contributed by atoms with Gasteiger partial charge in [-0.25, -0.2) is 0 Å². The summed E-state index contributed by atoms with van der Waals surface area (Å²) in [5.74, 6) is -0.329. The molecule has 5 rings (SSSR count). The zero-order valence-corrected chi connectivity index (χ0v) is 17.4. The molecular weight excluding hydrogens is 404 g/mol. The molecule has 0 bridgehead atoms. The number of rotatable bonds is 6. The van der Waals surface area contributed by atoms with Crippen LogP contribution < -0.4 is 10.2 Å². The van der Waals surface area contributed by atoms with Crippen molar-refractivity contribution in [1.29, 1.82) is 0 Å². The molecule has 0 fully saturated rings. The average Bonchev–Trinajstić information content (AvgIpc) is 3.13. The number of pyridine rings is 1. The van der Waals surface area contributed by atoms with E-state index in [2.05, 4.69) is 10.3 Å². The van der Waals surface area contributed by atoms with Crippen LogP contribution in [0, 0.1) is 0 Å². The Bertz CT molecular complexity index is 1190. The molecule has 2 aliphatic heterocycles. The standard InChI is InChI=1S/C25H22N4O3/c30-22(27-16-17-8-5-6-14-26-17)13-7-15-28-23-18-9-1-2-10-19(18)25(32)29(23)21-12-4-3-11-20(21)24(28)31/h1-6,8-12,14,23H,7,13,15-16H2,(H,27,30). The first kappa shape index (κ1) is 19.9. The van der Waals surface area contributed by atoms with E-state index in [4.69, 9.17) is 0 Å². The van der Waals surface area contributed by atoms with Crippen molar-refractivity contribution >= 4 is 23.4 Å². The number of anilines is 1. The zero-order chi connectivity index (χ0) is 22.1. The van der Waals surface area contributed by atoms with Crippen LogP contribution in [0.5, 0.6) is 0 Å². The first-order chi connectivity index (χ1) is 15.6. The smallest absolute Gasteiger partial charge is 0.260 e. The highest BCUT2D eigenvalue weighted by atomic mass is 16.2. The van der Waals surface area contributed by atoms with Crippen LogP contribution in [-0.2, 0) is 11.3 Å². The highest BCUT2D eigenvalue weighted by Gasteiger charge is 2.47. The Morgan fingerprint density at radius 3 is 2.47 bits per heavy atom. The second-order valence-corrected chi connectivity index (χ2v) is 7.85. The number of amides is 3. The van der Waals surface area contributed by atoms with Gasteiger partial charge in [-0.05, 0) is 36.8 Å². The summed E-state index contributed by atoms with van der Waals surface area (Å²) in [7, 11) is 0. The van der Waals surface area contributed by atoms with E-state index in [1.165, 1.54) is 0 Å². The Balaban J connectivity index is 1.33. The Morgan fingerprint density at radius 1 is 0.906 bits per heavy atom. The average molecular weight is 426 g/mol. The van der Waals surface area contributed by atoms with Gasteiger partial charge in [-0.15, -0.1) is 0 Å². The summed E-state index contributed by atoms with van der Waals surface area (Å²) in [5.41, 5.74) is 3.36. The Kier molecular flexibility index (Phi) is 5.15. The number of nitrogens with one attached hydrogen (secondary N) is 1. The molecule has 0 spiro atoms. The minimum atomic E-state index is -0.488. The summed E-state index contributed by atoms with van der Waals surface area (Å²) in [6.07, 6.45) is 1.97. The molecule has 1 unspecified atom stereocenters. The molecule has 32 heavy (non-hydrogen) atoms. The number of benzene rings is 2. The maximum Gasteiger partial charge on any atom is 0.260 e. The zero-order valence-electron chi connectivity index (χ0n) is 17.4. The van der Waals surface area contributed by atoms with Crippen LogP contribution in [0.15, 0.2) is 72.9 Å². The van der Waals surface area contributed by atoms with E-state index < -0.39 is 6.17 Å². The SMILES string of the molecule is O=C(CCCN1C(=O)c2ccccc2N2C(=O)c3ccccc3C12)NCc1ccccn1. The summed E-state index contributed by atoms with van der Waals surface area (Å²) in [6.45, 7) is 0.737. The molecule has 3 amide bonds. The van der Waals surface area contributed by atoms with Crippen LogP contribution in [-0.4, -0.2) is 34.2 Å². The number of hydrogen-bond donors (Lipinski definition) is 1. The first-order valence-corrected chi connectivity index (χ1v) is 10.6. The number of para-hydroxylation sites is 1. The molecule has 1 N–H and O–H groups in total. The molecule has 0 radical (unpaired) electrons. The lowest BCUT2D eigenvalue weighted by Gasteiger charge is -2.41. The van der Waals surface area contributed by atoms with Crippen LogP contribution in [0.2, 0.25) is 0 Å². The molecule has 160 valence electrons. The van der Waals surface area contributed by atoms with Crippen molar-refractivity contribution in [2.24, 2.45) is 0 Å². The molecule has 2 aromatic carbocycles. The van der Waals surface area contributed by atoms with Gasteiger partial charge in [0.1, 0.15) is 6.17 Å². The topological polar surface area (TPSA) is 82.6 Å². The predicted molar refractivity (Wildman–Crippen MR) is 119 cm³/mol. The summed E-state index contributed by atoms with van der Waals surface area (Å²) < 4.78 is 0. The maximum atomic E-state index is 13.3. The van der Waals surface area contributed by atoms with Crippen LogP contribution >= 0.6 is 0 Å². The third-order valence-electron chi connectivity index (χ3n) is 5.88. The number of hydrogen-bond acceptors (Lipinski definition) is 4. The van der Waals surface area contributed by atoms with Gasteiger partial charge in [0.2, 0.25) is 5.91 Å². The molecule has 0 saturated carbocycles. The Hall–Kier alpha value is -4.00. The van der Waals surface area contributed by atoms with Crippen molar-refractivity contribution in [3.05, 3.63) is 95.3 Å². The van der Waals surface area contributed by atoms with Gasteiger partial charge in [-0.3, -0.25) is 24.3 Å². The lowest BCUT2D eigenvalue weighted by molar-refractivity contribution is -0.121. The van der Waals surface area contributed by atoms with Gasteiger partial charge in [0.15, 0.2) is 0 Å². The molecule has 7 heteroatoms. The first-order valence-electron chi connectivity index (χ1n) is 10.6. The summed E-state index contributed by atoms with van der Waals surface area (Å²) in [5, 5.41) is 2.86. The minimum absolute atomic E-state index is 0.0970. The third kappa shape index (κ3) is 3.41. The monoisotopic (exact) mass is 426 g/mol. The molecular formula is C25H22N4O3. The van der Waals surface area contributed by atoms with Crippen LogP contribution in [0.4, 0.5) is 5.69 Å². The molecule has 2 aliphatic rings. The minimum Gasteiger partial charge on any atom is -0.350 e. The van der Waals surface area contributed by atoms with E-state index in [0.29, 0.717) is 36.3 Å².